The summed E-state index contributed by atoms with van der Waals surface area (Å²) >= 11 is 11.9. The molecule has 1 aromatic carbocycles. The van der Waals surface area contributed by atoms with Gasteiger partial charge in [-0.1, -0.05) is 23.2 Å². The van der Waals surface area contributed by atoms with Gasteiger partial charge >= 0.3 is 0 Å². The summed E-state index contributed by atoms with van der Waals surface area (Å²) in [5, 5.41) is 5.13. The maximum absolute atomic E-state index is 6.01. The molecule has 2 nitrogen and oxygen atoms in total. The molecule has 2 rings (SSSR count). The van der Waals surface area contributed by atoms with Gasteiger partial charge in [0.05, 0.1) is 11.6 Å². The summed E-state index contributed by atoms with van der Waals surface area (Å²) < 4.78 is 5.54. The molecule has 2 aromatic rings. The number of rotatable bonds is 2. The normalized spacial score (nSPS) is 11.1. The molecule has 0 aliphatic heterocycles. The van der Waals surface area contributed by atoms with Crippen molar-refractivity contribution < 1.29 is 4.42 Å². The van der Waals surface area contributed by atoms with Gasteiger partial charge < -0.3 is 9.73 Å². The molecule has 0 radical (unpaired) electrons. The fraction of sp³-hybridized carbons (Fsp3) is 0.200. The Bertz CT molecular complexity index is 464. The minimum Gasteiger partial charge on any atom is -0.460 e. The molecule has 0 aliphatic carbocycles. The maximum atomic E-state index is 6.01. The van der Waals surface area contributed by atoms with Crippen molar-refractivity contribution in [1.29, 1.82) is 0 Å². The molecule has 74 valence electrons. The summed E-state index contributed by atoms with van der Waals surface area (Å²) in [5.41, 5.74) is 0.729. The first-order valence-corrected chi connectivity index (χ1v) is 4.98. The van der Waals surface area contributed by atoms with Gasteiger partial charge in [0, 0.05) is 16.5 Å². The van der Waals surface area contributed by atoms with Gasteiger partial charge in [-0.15, -0.1) is 0 Å². The minimum absolute atomic E-state index is 0.591. The third-order valence-electron chi connectivity index (χ3n) is 1.95. The van der Waals surface area contributed by atoms with Gasteiger partial charge in [0.15, 0.2) is 0 Å². The van der Waals surface area contributed by atoms with Gasteiger partial charge in [-0.2, -0.15) is 0 Å². The van der Waals surface area contributed by atoms with Crippen molar-refractivity contribution >= 4 is 34.2 Å². The van der Waals surface area contributed by atoms with E-state index < -0.39 is 0 Å². The number of fused-ring (bicyclic) bond motifs is 1. The molecule has 0 saturated carbocycles. The highest BCUT2D eigenvalue weighted by Gasteiger charge is 2.07. The van der Waals surface area contributed by atoms with E-state index in [-0.39, 0.29) is 0 Å². The van der Waals surface area contributed by atoms with E-state index in [2.05, 4.69) is 5.32 Å². The molecule has 0 spiro atoms. The topological polar surface area (TPSA) is 25.2 Å². The Morgan fingerprint density at radius 1 is 1.29 bits per heavy atom. The number of benzene rings is 1. The van der Waals surface area contributed by atoms with Crippen LogP contribution in [0.25, 0.3) is 11.0 Å². The van der Waals surface area contributed by atoms with Crippen LogP contribution in [0.2, 0.25) is 10.0 Å². The van der Waals surface area contributed by atoms with Gasteiger partial charge in [-0.3, -0.25) is 0 Å². The number of furan rings is 1. The molecular formula is C10H9Cl2NO. The third kappa shape index (κ3) is 1.73. The highest BCUT2D eigenvalue weighted by Crippen LogP contribution is 2.30. The average Bonchev–Trinajstić information content (AvgIpc) is 2.48. The standard InChI is InChI=1S/C10H9Cl2NO/c1-13-5-7-4-8-9(12)2-6(11)3-10(8)14-7/h2-4,13H,5H2,1H3. The lowest BCUT2D eigenvalue weighted by Gasteiger charge is -1.93. The molecule has 0 unspecified atom stereocenters. The van der Waals surface area contributed by atoms with Crippen LogP contribution in [-0.2, 0) is 6.54 Å². The zero-order chi connectivity index (χ0) is 10.1. The molecule has 1 N–H and O–H groups in total. The summed E-state index contributed by atoms with van der Waals surface area (Å²) in [5.74, 6) is 0.853. The average molecular weight is 230 g/mol. The van der Waals surface area contributed by atoms with E-state index in [1.165, 1.54) is 0 Å². The molecule has 4 heteroatoms. The van der Waals surface area contributed by atoms with Gasteiger partial charge in [0.2, 0.25) is 0 Å². The van der Waals surface area contributed by atoms with Crippen LogP contribution < -0.4 is 5.32 Å². The number of hydrogen-bond acceptors (Lipinski definition) is 2. The first-order valence-electron chi connectivity index (χ1n) is 4.23. The first-order chi connectivity index (χ1) is 6.70. The van der Waals surface area contributed by atoms with Crippen LogP contribution in [0.1, 0.15) is 5.76 Å². The quantitative estimate of drug-likeness (QED) is 0.854. The molecule has 14 heavy (non-hydrogen) atoms. The van der Waals surface area contributed by atoms with E-state index in [0.29, 0.717) is 16.6 Å². The molecule has 1 aromatic heterocycles. The smallest absolute Gasteiger partial charge is 0.137 e. The highest BCUT2D eigenvalue weighted by atomic mass is 35.5. The van der Waals surface area contributed by atoms with E-state index in [1.807, 2.05) is 13.1 Å². The lowest BCUT2D eigenvalue weighted by molar-refractivity contribution is 0.531. The third-order valence-corrected chi connectivity index (χ3v) is 2.48. The van der Waals surface area contributed by atoms with Crippen LogP contribution in [0.3, 0.4) is 0 Å². The Morgan fingerprint density at radius 3 is 2.79 bits per heavy atom. The van der Waals surface area contributed by atoms with Crippen LogP contribution >= 0.6 is 23.2 Å². The first kappa shape index (κ1) is 9.84. The lowest BCUT2D eigenvalue weighted by atomic mass is 10.2. The second-order valence-electron chi connectivity index (χ2n) is 3.04. The second kappa shape index (κ2) is 3.81. The van der Waals surface area contributed by atoms with Crippen molar-refractivity contribution in [2.45, 2.75) is 6.54 Å². The number of nitrogens with one attached hydrogen (secondary N) is 1. The molecule has 0 saturated heterocycles. The highest BCUT2D eigenvalue weighted by molar-refractivity contribution is 6.38. The van der Waals surface area contributed by atoms with Crippen molar-refractivity contribution in [3.63, 3.8) is 0 Å². The molecule has 0 atom stereocenters. The van der Waals surface area contributed by atoms with Crippen molar-refractivity contribution in [3.05, 3.63) is 34.0 Å². The van der Waals surface area contributed by atoms with E-state index in [1.54, 1.807) is 12.1 Å². The van der Waals surface area contributed by atoms with Gasteiger partial charge in [-0.05, 0) is 19.2 Å². The summed E-state index contributed by atoms with van der Waals surface area (Å²) in [6.07, 6.45) is 0. The van der Waals surface area contributed by atoms with Crippen LogP contribution in [0.15, 0.2) is 22.6 Å². The Hall–Kier alpha value is -0.700. The predicted molar refractivity (Wildman–Crippen MR) is 59.0 cm³/mol. The number of halogens is 2. The Kier molecular flexibility index (Phi) is 2.68. The zero-order valence-corrected chi connectivity index (χ0v) is 9.12. The summed E-state index contributed by atoms with van der Waals surface area (Å²) in [7, 11) is 1.86. The lowest BCUT2D eigenvalue weighted by Crippen LogP contribution is -2.03. The Labute approximate surface area is 91.8 Å². The molecule has 0 bridgehead atoms. The summed E-state index contributed by atoms with van der Waals surface area (Å²) in [4.78, 5) is 0. The van der Waals surface area contributed by atoms with Gasteiger partial charge in [-0.25, -0.2) is 0 Å². The second-order valence-corrected chi connectivity index (χ2v) is 3.89. The molecule has 1 heterocycles. The van der Waals surface area contributed by atoms with Crippen molar-refractivity contribution in [2.75, 3.05) is 7.05 Å². The van der Waals surface area contributed by atoms with E-state index in [4.69, 9.17) is 27.6 Å². The van der Waals surface area contributed by atoms with E-state index in [9.17, 15) is 0 Å². The van der Waals surface area contributed by atoms with Crippen LogP contribution in [0.5, 0.6) is 0 Å². The molecular weight excluding hydrogens is 221 g/mol. The molecule has 0 amide bonds. The van der Waals surface area contributed by atoms with Crippen LogP contribution in [-0.4, -0.2) is 7.05 Å². The predicted octanol–water partition coefficient (Wildman–Crippen LogP) is 3.46. The Morgan fingerprint density at radius 2 is 2.07 bits per heavy atom. The summed E-state index contributed by atoms with van der Waals surface area (Å²) in [6.45, 7) is 0.683. The largest absolute Gasteiger partial charge is 0.460 e. The minimum atomic E-state index is 0.591. The molecule has 0 fully saturated rings. The molecule has 0 aliphatic rings. The van der Waals surface area contributed by atoms with Crippen molar-refractivity contribution in [1.82, 2.24) is 5.32 Å². The van der Waals surface area contributed by atoms with Crippen molar-refractivity contribution in [2.24, 2.45) is 0 Å². The fourth-order valence-corrected chi connectivity index (χ4v) is 1.91. The number of hydrogen-bond donors (Lipinski definition) is 1. The van der Waals surface area contributed by atoms with Gasteiger partial charge in [0.25, 0.3) is 0 Å². The summed E-state index contributed by atoms with van der Waals surface area (Å²) in [6, 6.07) is 5.40. The van der Waals surface area contributed by atoms with Crippen LogP contribution in [0, 0.1) is 0 Å². The Balaban J connectivity index is 2.58. The van der Waals surface area contributed by atoms with Gasteiger partial charge in [0.1, 0.15) is 11.3 Å². The zero-order valence-electron chi connectivity index (χ0n) is 7.60. The maximum Gasteiger partial charge on any atom is 0.137 e. The monoisotopic (exact) mass is 229 g/mol. The van der Waals surface area contributed by atoms with E-state index >= 15 is 0 Å². The van der Waals surface area contributed by atoms with E-state index in [0.717, 1.165) is 16.7 Å². The van der Waals surface area contributed by atoms with Crippen molar-refractivity contribution in [3.8, 4) is 0 Å². The van der Waals surface area contributed by atoms with Crippen LogP contribution in [0.4, 0.5) is 0 Å². The SMILES string of the molecule is CNCc1cc2c(Cl)cc(Cl)cc2o1. The fourth-order valence-electron chi connectivity index (χ4n) is 1.38.